The zero-order chi connectivity index (χ0) is 18.6. The van der Waals surface area contributed by atoms with Crippen LogP contribution < -0.4 is 9.47 Å². The summed E-state index contributed by atoms with van der Waals surface area (Å²) in [6, 6.07) is 8.12. The van der Waals surface area contributed by atoms with Crippen LogP contribution in [-0.4, -0.2) is 13.3 Å². The Hall–Kier alpha value is -1.90. The van der Waals surface area contributed by atoms with Gasteiger partial charge in [0.1, 0.15) is 18.1 Å². The molecule has 7 heteroatoms. The molecule has 25 heavy (non-hydrogen) atoms. The van der Waals surface area contributed by atoms with Gasteiger partial charge >= 0.3 is 6.16 Å². The number of rotatable bonds is 5. The van der Waals surface area contributed by atoms with Crippen LogP contribution in [0.5, 0.6) is 11.5 Å². The second-order valence-corrected chi connectivity index (χ2v) is 6.50. The summed E-state index contributed by atoms with van der Waals surface area (Å²) >= 11 is 2.06. The van der Waals surface area contributed by atoms with Gasteiger partial charge in [-0.1, -0.05) is 6.07 Å². The fraction of sp³-hybridized carbons (Fsp3) is 0.278. The summed E-state index contributed by atoms with van der Waals surface area (Å²) in [5.74, 6) is 0.378. The van der Waals surface area contributed by atoms with E-state index in [9.17, 15) is 13.6 Å². The van der Waals surface area contributed by atoms with Gasteiger partial charge in [-0.2, -0.15) is 0 Å². The summed E-state index contributed by atoms with van der Waals surface area (Å²) in [7, 11) is 1.20. The van der Waals surface area contributed by atoms with E-state index in [2.05, 4.69) is 27.3 Å². The maximum atomic E-state index is 13.3. The molecule has 0 aliphatic rings. The van der Waals surface area contributed by atoms with Crippen molar-refractivity contribution in [2.75, 3.05) is 7.11 Å². The number of halogens is 3. The molecule has 0 N–H and O–H groups in total. The van der Waals surface area contributed by atoms with Crippen LogP contribution in [0.2, 0.25) is 0 Å². The Bertz CT molecular complexity index is 778. The van der Waals surface area contributed by atoms with Gasteiger partial charge in [0.15, 0.2) is 0 Å². The maximum absolute atomic E-state index is 13.3. The van der Waals surface area contributed by atoms with Gasteiger partial charge in [-0.05, 0) is 71.8 Å². The van der Waals surface area contributed by atoms with Crippen molar-refractivity contribution in [3.05, 3.63) is 56.2 Å². The van der Waals surface area contributed by atoms with Gasteiger partial charge in [0.05, 0.1) is 12.7 Å². The normalized spacial score (nSPS) is 10.7. The lowest BCUT2D eigenvalue weighted by molar-refractivity contribution is 0.120. The molecule has 0 aromatic heterocycles. The van der Waals surface area contributed by atoms with Crippen LogP contribution in [0.1, 0.15) is 28.7 Å². The average Bonchev–Trinajstić information content (AvgIpc) is 2.56. The third kappa shape index (κ3) is 4.81. The number of ether oxygens (including phenoxy) is 3. The Labute approximate surface area is 158 Å². The number of aryl methyl sites for hydroxylation is 2. The lowest BCUT2D eigenvalue weighted by atomic mass is 10.1. The SMILES string of the molecule is COC(=O)Oc1cccc(I)c1COc1cc(C)c(C)cc1C(F)F. The van der Waals surface area contributed by atoms with Crippen LogP contribution >= 0.6 is 22.6 Å². The number of hydrogen-bond donors (Lipinski definition) is 0. The summed E-state index contributed by atoms with van der Waals surface area (Å²) in [6.45, 7) is 3.58. The lowest BCUT2D eigenvalue weighted by Gasteiger charge is -2.16. The molecule has 0 aliphatic carbocycles. The van der Waals surface area contributed by atoms with Crippen LogP contribution in [0.15, 0.2) is 30.3 Å². The molecule has 0 radical (unpaired) electrons. The van der Waals surface area contributed by atoms with Gasteiger partial charge < -0.3 is 14.2 Å². The number of hydrogen-bond acceptors (Lipinski definition) is 4. The molecule has 0 amide bonds. The monoisotopic (exact) mass is 462 g/mol. The molecule has 0 saturated heterocycles. The van der Waals surface area contributed by atoms with E-state index in [0.29, 0.717) is 5.56 Å². The third-order valence-electron chi connectivity index (χ3n) is 3.67. The minimum absolute atomic E-state index is 0.0202. The molecule has 0 spiro atoms. The zero-order valence-electron chi connectivity index (χ0n) is 13.9. The zero-order valence-corrected chi connectivity index (χ0v) is 16.1. The highest BCUT2D eigenvalue weighted by Crippen LogP contribution is 2.33. The van der Waals surface area contributed by atoms with Crippen molar-refractivity contribution in [1.29, 1.82) is 0 Å². The van der Waals surface area contributed by atoms with Gasteiger partial charge in [-0.15, -0.1) is 0 Å². The molecule has 4 nitrogen and oxygen atoms in total. The number of benzene rings is 2. The van der Waals surface area contributed by atoms with Gasteiger partial charge in [0.25, 0.3) is 6.43 Å². The Morgan fingerprint density at radius 3 is 2.48 bits per heavy atom. The van der Waals surface area contributed by atoms with E-state index in [4.69, 9.17) is 9.47 Å². The maximum Gasteiger partial charge on any atom is 0.513 e. The van der Waals surface area contributed by atoms with Crippen LogP contribution in [-0.2, 0) is 11.3 Å². The highest BCUT2D eigenvalue weighted by atomic mass is 127. The van der Waals surface area contributed by atoms with Gasteiger partial charge in [0, 0.05) is 9.13 Å². The first-order chi connectivity index (χ1) is 11.8. The van der Waals surface area contributed by atoms with Gasteiger partial charge in [-0.3, -0.25) is 0 Å². The average molecular weight is 462 g/mol. The molecular weight excluding hydrogens is 445 g/mol. The summed E-state index contributed by atoms with van der Waals surface area (Å²) < 4.78 is 42.5. The Morgan fingerprint density at radius 2 is 1.84 bits per heavy atom. The minimum atomic E-state index is -2.64. The van der Waals surface area contributed by atoms with Crippen molar-refractivity contribution in [1.82, 2.24) is 0 Å². The topological polar surface area (TPSA) is 44.8 Å². The fourth-order valence-electron chi connectivity index (χ4n) is 2.16. The predicted molar refractivity (Wildman–Crippen MR) is 97.4 cm³/mol. The molecule has 0 bridgehead atoms. The Balaban J connectivity index is 2.30. The molecule has 0 unspecified atom stereocenters. The highest BCUT2D eigenvalue weighted by Gasteiger charge is 2.18. The van der Waals surface area contributed by atoms with E-state index >= 15 is 0 Å². The van der Waals surface area contributed by atoms with E-state index in [1.165, 1.54) is 13.2 Å². The second kappa shape index (κ2) is 8.46. The first-order valence-corrected chi connectivity index (χ1v) is 8.46. The lowest BCUT2D eigenvalue weighted by Crippen LogP contribution is -2.11. The molecule has 0 heterocycles. The first kappa shape index (κ1) is 19.4. The number of alkyl halides is 2. The summed E-state index contributed by atoms with van der Waals surface area (Å²) in [4.78, 5) is 11.4. The van der Waals surface area contributed by atoms with Crippen LogP contribution in [0.3, 0.4) is 0 Å². The van der Waals surface area contributed by atoms with E-state index in [1.807, 2.05) is 6.92 Å². The molecule has 0 saturated carbocycles. The van der Waals surface area contributed by atoms with Crippen molar-refractivity contribution < 1.29 is 27.8 Å². The first-order valence-electron chi connectivity index (χ1n) is 7.38. The van der Waals surface area contributed by atoms with Crippen molar-refractivity contribution in [3.63, 3.8) is 0 Å². The Kier molecular flexibility index (Phi) is 6.57. The van der Waals surface area contributed by atoms with Crippen molar-refractivity contribution in [2.24, 2.45) is 0 Å². The number of carbonyl (C=O) groups is 1. The van der Waals surface area contributed by atoms with Gasteiger partial charge in [0.2, 0.25) is 0 Å². The van der Waals surface area contributed by atoms with E-state index in [-0.39, 0.29) is 23.7 Å². The molecule has 0 atom stereocenters. The second-order valence-electron chi connectivity index (χ2n) is 5.34. The molecule has 0 fully saturated rings. The van der Waals surface area contributed by atoms with E-state index in [0.717, 1.165) is 14.7 Å². The largest absolute Gasteiger partial charge is 0.513 e. The van der Waals surface area contributed by atoms with Crippen LogP contribution in [0, 0.1) is 17.4 Å². The fourth-order valence-corrected chi connectivity index (χ4v) is 2.79. The standard InChI is InChI=1S/C18H17F2IO4/c1-10-7-12(17(19)20)16(8-11(10)2)24-9-13-14(21)5-4-6-15(13)25-18(22)23-3/h4-8,17H,9H2,1-3H3. The Morgan fingerprint density at radius 1 is 1.16 bits per heavy atom. The summed E-state index contributed by atoms with van der Waals surface area (Å²) in [6.07, 6.45) is -3.50. The summed E-state index contributed by atoms with van der Waals surface area (Å²) in [5, 5.41) is 0. The number of carbonyl (C=O) groups excluding carboxylic acids is 1. The number of methoxy groups -OCH3 is 1. The third-order valence-corrected chi connectivity index (χ3v) is 4.68. The molecule has 2 rings (SSSR count). The minimum Gasteiger partial charge on any atom is -0.488 e. The highest BCUT2D eigenvalue weighted by molar-refractivity contribution is 14.1. The quantitative estimate of drug-likeness (QED) is 0.331. The molecule has 2 aromatic carbocycles. The summed E-state index contributed by atoms with van der Waals surface area (Å²) in [5.41, 5.74) is 2.04. The molecule has 0 aliphatic heterocycles. The molecule has 2 aromatic rings. The van der Waals surface area contributed by atoms with E-state index in [1.54, 1.807) is 31.2 Å². The van der Waals surface area contributed by atoms with Gasteiger partial charge in [-0.25, -0.2) is 13.6 Å². The van der Waals surface area contributed by atoms with Crippen molar-refractivity contribution in [2.45, 2.75) is 26.9 Å². The molecular formula is C18H17F2IO4. The van der Waals surface area contributed by atoms with Crippen LogP contribution in [0.25, 0.3) is 0 Å². The van der Waals surface area contributed by atoms with Crippen molar-refractivity contribution in [3.8, 4) is 11.5 Å². The smallest absolute Gasteiger partial charge is 0.488 e. The van der Waals surface area contributed by atoms with E-state index < -0.39 is 12.6 Å². The van der Waals surface area contributed by atoms with Crippen molar-refractivity contribution >= 4 is 28.7 Å². The predicted octanol–water partition coefficient (Wildman–Crippen LogP) is 5.57. The molecule has 134 valence electrons. The van der Waals surface area contributed by atoms with Crippen LogP contribution in [0.4, 0.5) is 13.6 Å².